The van der Waals surface area contributed by atoms with E-state index < -0.39 is 18.5 Å². The molecule has 0 radical (unpaired) electrons. The van der Waals surface area contributed by atoms with Crippen LogP contribution in [0.5, 0.6) is 0 Å². The third kappa shape index (κ3) is 7.22. The quantitative estimate of drug-likeness (QED) is 0.298. The first-order chi connectivity index (χ1) is 17.0. The monoisotopic (exact) mass is 496 g/mol. The first kappa shape index (κ1) is 27.8. The predicted molar refractivity (Wildman–Crippen MR) is 142 cm³/mol. The number of alkyl halides is 3. The molecule has 0 saturated heterocycles. The van der Waals surface area contributed by atoms with Gasteiger partial charge < -0.3 is 0 Å². The lowest BCUT2D eigenvalue weighted by Crippen LogP contribution is -2.45. The van der Waals surface area contributed by atoms with Crippen LogP contribution in [0, 0.1) is 47.3 Å². The molecule has 0 aromatic carbocycles. The molecule has 7 atom stereocenters. The SMILES string of the molecule is CCCCC1CCC(CCC2CCC(C3CCC(C4CCC(CC)CC4)C(F)C3F)CC2)CC1F. The van der Waals surface area contributed by atoms with Gasteiger partial charge in [0.05, 0.1) is 0 Å². The molecule has 0 bridgehead atoms. The zero-order valence-corrected chi connectivity index (χ0v) is 22.9. The second-order valence-electron chi connectivity index (χ2n) is 13.4. The highest BCUT2D eigenvalue weighted by Gasteiger charge is 2.46. The molecular formula is C32H55F3. The van der Waals surface area contributed by atoms with Crippen LogP contribution in [0.3, 0.4) is 0 Å². The molecule has 4 aliphatic carbocycles. The second kappa shape index (κ2) is 13.5. The molecule has 4 rings (SSSR count). The average Bonchev–Trinajstić information content (AvgIpc) is 2.89. The van der Waals surface area contributed by atoms with Gasteiger partial charge in [0.2, 0.25) is 0 Å². The molecule has 3 heteroatoms. The summed E-state index contributed by atoms with van der Waals surface area (Å²) in [6.07, 6.45) is 18.2. The Labute approximate surface area is 215 Å². The van der Waals surface area contributed by atoms with Crippen molar-refractivity contribution in [3.05, 3.63) is 0 Å². The van der Waals surface area contributed by atoms with Crippen molar-refractivity contribution in [2.24, 2.45) is 47.3 Å². The van der Waals surface area contributed by atoms with Crippen LogP contribution in [0.15, 0.2) is 0 Å². The molecule has 0 heterocycles. The molecule has 4 fully saturated rings. The summed E-state index contributed by atoms with van der Waals surface area (Å²) in [5, 5.41) is 0. The van der Waals surface area contributed by atoms with Gasteiger partial charge in [0.25, 0.3) is 0 Å². The van der Waals surface area contributed by atoms with E-state index in [9.17, 15) is 4.39 Å². The minimum Gasteiger partial charge on any atom is -0.247 e. The van der Waals surface area contributed by atoms with Crippen LogP contribution in [0.2, 0.25) is 0 Å². The zero-order chi connectivity index (χ0) is 24.8. The maximum atomic E-state index is 15.4. The number of unbranched alkanes of at least 4 members (excludes halogenated alkanes) is 1. The lowest BCUT2D eigenvalue weighted by atomic mass is 9.63. The van der Waals surface area contributed by atoms with E-state index in [1.807, 2.05) is 0 Å². The van der Waals surface area contributed by atoms with Gasteiger partial charge in [-0.3, -0.25) is 0 Å². The molecule has 0 N–H and O–H groups in total. The Hall–Kier alpha value is -0.210. The minimum atomic E-state index is -1.23. The molecule has 4 saturated carbocycles. The molecule has 0 aromatic rings. The van der Waals surface area contributed by atoms with Crippen LogP contribution in [0.1, 0.15) is 136 Å². The van der Waals surface area contributed by atoms with Gasteiger partial charge in [0.1, 0.15) is 18.5 Å². The molecule has 4 aliphatic rings. The van der Waals surface area contributed by atoms with Crippen LogP contribution in [-0.4, -0.2) is 18.5 Å². The van der Waals surface area contributed by atoms with Gasteiger partial charge in [-0.05, 0) is 112 Å². The molecule has 204 valence electrons. The van der Waals surface area contributed by atoms with Crippen molar-refractivity contribution in [1.82, 2.24) is 0 Å². The van der Waals surface area contributed by atoms with Crippen LogP contribution in [0.25, 0.3) is 0 Å². The maximum absolute atomic E-state index is 15.4. The largest absolute Gasteiger partial charge is 0.247 e. The van der Waals surface area contributed by atoms with Crippen molar-refractivity contribution in [3.63, 3.8) is 0 Å². The fourth-order valence-electron chi connectivity index (χ4n) is 8.88. The molecular weight excluding hydrogens is 441 g/mol. The Kier molecular flexibility index (Phi) is 10.8. The van der Waals surface area contributed by atoms with E-state index in [1.165, 1.54) is 64.2 Å². The highest BCUT2D eigenvalue weighted by molar-refractivity contribution is 4.95. The van der Waals surface area contributed by atoms with Crippen molar-refractivity contribution in [2.45, 2.75) is 154 Å². The standard InChI is InChI=1S/C32H55F3/c1-3-5-6-27-18-13-24(21-30(27)33)8-7-23-11-16-26(17-12-23)29-20-19-28(31(34)32(29)35)25-14-9-22(4-2)10-15-25/h22-32H,3-21H2,1-2H3. The smallest absolute Gasteiger partial charge is 0.134 e. The average molecular weight is 497 g/mol. The van der Waals surface area contributed by atoms with Crippen molar-refractivity contribution in [2.75, 3.05) is 0 Å². The molecule has 0 nitrogen and oxygen atoms in total. The highest BCUT2D eigenvalue weighted by Crippen LogP contribution is 2.49. The van der Waals surface area contributed by atoms with E-state index in [2.05, 4.69) is 13.8 Å². The molecule has 0 aliphatic heterocycles. The highest BCUT2D eigenvalue weighted by atomic mass is 19.2. The number of rotatable bonds is 9. The summed E-state index contributed by atoms with van der Waals surface area (Å²) in [5.74, 6) is 3.19. The molecule has 0 spiro atoms. The summed E-state index contributed by atoms with van der Waals surface area (Å²) in [6, 6.07) is 0. The number of hydrogen-bond donors (Lipinski definition) is 0. The lowest BCUT2D eigenvalue weighted by molar-refractivity contribution is -0.0371. The molecule has 7 unspecified atom stereocenters. The second-order valence-corrected chi connectivity index (χ2v) is 13.4. The number of hydrogen-bond acceptors (Lipinski definition) is 0. The minimum absolute atomic E-state index is 0.0215. The fraction of sp³-hybridized carbons (Fsp3) is 1.00. The van der Waals surface area contributed by atoms with Crippen molar-refractivity contribution >= 4 is 0 Å². The van der Waals surface area contributed by atoms with E-state index in [-0.39, 0.29) is 11.8 Å². The van der Waals surface area contributed by atoms with Crippen LogP contribution < -0.4 is 0 Å². The molecule has 35 heavy (non-hydrogen) atoms. The first-order valence-corrected chi connectivity index (χ1v) is 15.9. The Morgan fingerprint density at radius 1 is 0.543 bits per heavy atom. The van der Waals surface area contributed by atoms with Gasteiger partial charge in [-0.25, -0.2) is 13.2 Å². The number of halogens is 3. The summed E-state index contributed by atoms with van der Waals surface area (Å²) in [7, 11) is 0. The zero-order valence-electron chi connectivity index (χ0n) is 22.9. The third-order valence-corrected chi connectivity index (χ3v) is 11.5. The van der Waals surface area contributed by atoms with E-state index in [0.29, 0.717) is 23.7 Å². The van der Waals surface area contributed by atoms with Gasteiger partial charge >= 0.3 is 0 Å². The van der Waals surface area contributed by atoms with Gasteiger partial charge in [-0.1, -0.05) is 71.6 Å². The van der Waals surface area contributed by atoms with E-state index in [0.717, 1.165) is 69.6 Å². The Morgan fingerprint density at radius 2 is 1.06 bits per heavy atom. The molecule has 0 aromatic heterocycles. The Balaban J connectivity index is 1.16. The summed E-state index contributed by atoms with van der Waals surface area (Å²) in [4.78, 5) is 0. The lowest BCUT2D eigenvalue weighted by Gasteiger charge is -2.44. The normalized spacial score (nSPS) is 45.3. The van der Waals surface area contributed by atoms with Gasteiger partial charge in [-0.2, -0.15) is 0 Å². The Morgan fingerprint density at radius 3 is 1.57 bits per heavy atom. The Bertz CT molecular complexity index is 592. The third-order valence-electron chi connectivity index (χ3n) is 11.5. The van der Waals surface area contributed by atoms with Gasteiger partial charge in [0, 0.05) is 0 Å². The van der Waals surface area contributed by atoms with Crippen molar-refractivity contribution < 1.29 is 13.2 Å². The van der Waals surface area contributed by atoms with E-state index >= 15 is 8.78 Å². The van der Waals surface area contributed by atoms with Crippen LogP contribution in [-0.2, 0) is 0 Å². The molecule has 0 amide bonds. The fourth-order valence-corrected chi connectivity index (χ4v) is 8.88. The summed E-state index contributed by atoms with van der Waals surface area (Å²) in [6.45, 7) is 4.46. The van der Waals surface area contributed by atoms with Crippen LogP contribution in [0.4, 0.5) is 13.2 Å². The topological polar surface area (TPSA) is 0 Å². The summed E-state index contributed by atoms with van der Waals surface area (Å²) in [5.41, 5.74) is 0. The van der Waals surface area contributed by atoms with Gasteiger partial charge in [0.15, 0.2) is 0 Å². The van der Waals surface area contributed by atoms with E-state index in [4.69, 9.17) is 0 Å². The van der Waals surface area contributed by atoms with E-state index in [1.54, 1.807) is 0 Å². The first-order valence-electron chi connectivity index (χ1n) is 15.9. The van der Waals surface area contributed by atoms with Crippen molar-refractivity contribution in [3.8, 4) is 0 Å². The maximum Gasteiger partial charge on any atom is 0.134 e. The summed E-state index contributed by atoms with van der Waals surface area (Å²) < 4.78 is 45.4. The van der Waals surface area contributed by atoms with Gasteiger partial charge in [-0.15, -0.1) is 0 Å². The van der Waals surface area contributed by atoms with Crippen LogP contribution >= 0.6 is 0 Å². The summed E-state index contributed by atoms with van der Waals surface area (Å²) >= 11 is 0. The predicted octanol–water partition coefficient (Wildman–Crippen LogP) is 10.4. The van der Waals surface area contributed by atoms with Crippen molar-refractivity contribution in [1.29, 1.82) is 0 Å².